The molecule has 1 aromatic carbocycles. The third kappa shape index (κ3) is 4.65. The van der Waals surface area contributed by atoms with E-state index in [0.29, 0.717) is 18.8 Å². The Bertz CT molecular complexity index is 1040. The number of rotatable bonds is 7. The molecule has 0 bridgehead atoms. The average molecular weight is 452 g/mol. The summed E-state index contributed by atoms with van der Waals surface area (Å²) in [6.45, 7) is 6.85. The Labute approximate surface area is 194 Å². The van der Waals surface area contributed by atoms with Crippen molar-refractivity contribution in [2.45, 2.75) is 77.5 Å². The molecule has 0 unspecified atom stereocenters. The fourth-order valence-corrected chi connectivity index (χ4v) is 4.72. The summed E-state index contributed by atoms with van der Waals surface area (Å²) in [6, 6.07) is 9.62. The molecule has 0 radical (unpaired) electrons. The first kappa shape index (κ1) is 23.0. The quantitative estimate of drug-likeness (QED) is 0.677. The number of amides is 3. The molecule has 0 spiro atoms. The first-order valence-corrected chi connectivity index (χ1v) is 11.9. The van der Waals surface area contributed by atoms with E-state index in [1.165, 1.54) is 10.7 Å². The second-order valence-corrected chi connectivity index (χ2v) is 9.43. The Morgan fingerprint density at radius 2 is 1.88 bits per heavy atom. The Morgan fingerprint density at radius 1 is 1.18 bits per heavy atom. The number of hydrogen-bond donors (Lipinski definition) is 2. The molecular weight excluding hydrogens is 418 g/mol. The van der Waals surface area contributed by atoms with Gasteiger partial charge < -0.3 is 15.5 Å². The van der Waals surface area contributed by atoms with Crippen LogP contribution in [0.2, 0.25) is 0 Å². The van der Waals surface area contributed by atoms with Crippen LogP contribution in [0.5, 0.6) is 0 Å². The van der Waals surface area contributed by atoms with E-state index in [-0.39, 0.29) is 36.0 Å². The lowest BCUT2D eigenvalue weighted by molar-refractivity contribution is -0.133. The third-order valence-electron chi connectivity index (χ3n) is 6.73. The van der Waals surface area contributed by atoms with Crippen LogP contribution in [-0.4, -0.2) is 50.5 Å². The zero-order valence-corrected chi connectivity index (χ0v) is 19.7. The van der Waals surface area contributed by atoms with Crippen molar-refractivity contribution in [1.29, 1.82) is 0 Å². The molecular formula is C25H33N5O3. The molecule has 33 heavy (non-hydrogen) atoms. The number of nitrogens with zero attached hydrogens (tertiary/aromatic N) is 3. The van der Waals surface area contributed by atoms with Gasteiger partial charge in [0.1, 0.15) is 11.2 Å². The van der Waals surface area contributed by atoms with E-state index in [0.717, 1.165) is 43.2 Å². The van der Waals surface area contributed by atoms with Gasteiger partial charge in [-0.2, -0.15) is 5.10 Å². The highest BCUT2D eigenvalue weighted by Crippen LogP contribution is 2.29. The summed E-state index contributed by atoms with van der Waals surface area (Å²) < 4.78 is 1.52. The van der Waals surface area contributed by atoms with Gasteiger partial charge in [0.05, 0.1) is 6.54 Å². The van der Waals surface area contributed by atoms with Crippen LogP contribution in [0.3, 0.4) is 0 Å². The van der Waals surface area contributed by atoms with Gasteiger partial charge in [-0.3, -0.25) is 19.1 Å². The highest BCUT2D eigenvalue weighted by atomic mass is 16.2. The summed E-state index contributed by atoms with van der Waals surface area (Å²) in [5.41, 5.74) is 1.61. The molecule has 1 aromatic heterocycles. The van der Waals surface area contributed by atoms with Crippen molar-refractivity contribution in [1.82, 2.24) is 25.3 Å². The summed E-state index contributed by atoms with van der Waals surface area (Å²) >= 11 is 0. The van der Waals surface area contributed by atoms with Crippen molar-refractivity contribution in [3.05, 3.63) is 52.8 Å². The summed E-state index contributed by atoms with van der Waals surface area (Å²) in [4.78, 5) is 41.1. The molecule has 0 saturated heterocycles. The monoisotopic (exact) mass is 451 g/mol. The maximum atomic E-state index is 13.4. The van der Waals surface area contributed by atoms with Crippen molar-refractivity contribution in [2.75, 3.05) is 6.54 Å². The first-order valence-electron chi connectivity index (χ1n) is 11.9. The molecule has 8 heteroatoms. The minimum absolute atomic E-state index is 0.150. The standard InChI is InChI=1S/C25H33N5O3/c1-4-13-29-23(32)21-14-20(22(31)26-15-18-11-9-17(2)10-12-18)28-30(21)16-25(29,3)24(33)27-19-7-5-6-8-19/h9-12,14,19H,4-8,13,15-16H2,1-3H3,(H,26,31)(H,27,33)/t25-/m0/s1. The number of aromatic nitrogens is 2. The normalized spacial score (nSPS) is 20.6. The second kappa shape index (κ2) is 9.37. The highest BCUT2D eigenvalue weighted by molar-refractivity contribution is 6.01. The molecule has 1 fully saturated rings. The van der Waals surface area contributed by atoms with E-state index in [1.807, 2.05) is 38.1 Å². The highest BCUT2D eigenvalue weighted by Gasteiger charge is 2.48. The number of carbonyl (C=O) groups excluding carboxylic acids is 3. The van der Waals surface area contributed by atoms with Gasteiger partial charge in [0.25, 0.3) is 11.8 Å². The molecule has 8 nitrogen and oxygen atoms in total. The number of carbonyl (C=O) groups is 3. The lowest BCUT2D eigenvalue weighted by Gasteiger charge is -2.43. The predicted octanol–water partition coefficient (Wildman–Crippen LogP) is 2.80. The van der Waals surface area contributed by atoms with E-state index in [1.54, 1.807) is 11.8 Å². The fourth-order valence-electron chi connectivity index (χ4n) is 4.72. The summed E-state index contributed by atoms with van der Waals surface area (Å²) in [6.07, 6.45) is 4.91. The van der Waals surface area contributed by atoms with Gasteiger partial charge >= 0.3 is 0 Å². The summed E-state index contributed by atoms with van der Waals surface area (Å²) in [7, 11) is 0. The van der Waals surface area contributed by atoms with Crippen molar-refractivity contribution >= 4 is 17.7 Å². The van der Waals surface area contributed by atoms with Crippen LogP contribution in [-0.2, 0) is 17.9 Å². The van der Waals surface area contributed by atoms with Crippen LogP contribution >= 0.6 is 0 Å². The average Bonchev–Trinajstić information content (AvgIpc) is 3.46. The molecule has 1 aliphatic heterocycles. The van der Waals surface area contributed by atoms with E-state index in [2.05, 4.69) is 15.7 Å². The Hall–Kier alpha value is -3.16. The van der Waals surface area contributed by atoms with Crippen LogP contribution in [0, 0.1) is 6.92 Å². The molecule has 1 aliphatic carbocycles. The van der Waals surface area contributed by atoms with Crippen molar-refractivity contribution < 1.29 is 14.4 Å². The Kier molecular flexibility index (Phi) is 6.54. The molecule has 1 saturated carbocycles. The van der Waals surface area contributed by atoms with E-state index < -0.39 is 5.54 Å². The largest absolute Gasteiger partial charge is 0.351 e. The molecule has 2 aliphatic rings. The number of fused-ring (bicyclic) bond motifs is 1. The van der Waals surface area contributed by atoms with Gasteiger partial charge in [-0.15, -0.1) is 0 Å². The van der Waals surface area contributed by atoms with Gasteiger partial charge in [-0.1, -0.05) is 49.6 Å². The van der Waals surface area contributed by atoms with Gasteiger partial charge in [-0.05, 0) is 38.7 Å². The first-order chi connectivity index (χ1) is 15.8. The maximum Gasteiger partial charge on any atom is 0.273 e. The maximum absolute atomic E-state index is 13.4. The van der Waals surface area contributed by atoms with Crippen LogP contribution < -0.4 is 10.6 Å². The molecule has 2 heterocycles. The number of hydrogen-bond acceptors (Lipinski definition) is 4. The Balaban J connectivity index is 1.53. The fraction of sp³-hybridized carbons (Fsp3) is 0.520. The Morgan fingerprint density at radius 3 is 2.55 bits per heavy atom. The third-order valence-corrected chi connectivity index (χ3v) is 6.73. The van der Waals surface area contributed by atoms with E-state index >= 15 is 0 Å². The van der Waals surface area contributed by atoms with Crippen molar-refractivity contribution in [3.63, 3.8) is 0 Å². The van der Waals surface area contributed by atoms with Crippen molar-refractivity contribution in [2.24, 2.45) is 0 Å². The van der Waals surface area contributed by atoms with Gasteiger partial charge in [-0.25, -0.2) is 0 Å². The van der Waals surface area contributed by atoms with Gasteiger partial charge in [0, 0.05) is 25.2 Å². The van der Waals surface area contributed by atoms with E-state index in [9.17, 15) is 14.4 Å². The summed E-state index contributed by atoms with van der Waals surface area (Å²) in [5.74, 6) is -0.760. The predicted molar refractivity (Wildman–Crippen MR) is 125 cm³/mol. The number of aryl methyl sites for hydroxylation is 1. The number of nitrogens with one attached hydrogen (secondary N) is 2. The lowest BCUT2D eigenvalue weighted by Crippen LogP contribution is -2.65. The molecule has 176 valence electrons. The molecule has 2 N–H and O–H groups in total. The summed E-state index contributed by atoms with van der Waals surface area (Å²) in [5, 5.41) is 10.4. The van der Waals surface area contributed by atoms with Crippen LogP contribution in [0.15, 0.2) is 30.3 Å². The van der Waals surface area contributed by atoms with E-state index in [4.69, 9.17) is 0 Å². The topological polar surface area (TPSA) is 96.3 Å². The lowest BCUT2D eigenvalue weighted by atomic mass is 9.94. The molecule has 1 atom stereocenters. The van der Waals surface area contributed by atoms with Gasteiger partial charge in [0.15, 0.2) is 5.69 Å². The molecule has 4 rings (SSSR count). The molecule has 2 aromatic rings. The zero-order valence-electron chi connectivity index (χ0n) is 19.7. The minimum Gasteiger partial charge on any atom is -0.351 e. The zero-order chi connectivity index (χ0) is 23.6. The molecule has 3 amide bonds. The van der Waals surface area contributed by atoms with Crippen LogP contribution in [0.25, 0.3) is 0 Å². The van der Waals surface area contributed by atoms with Crippen molar-refractivity contribution in [3.8, 4) is 0 Å². The van der Waals surface area contributed by atoms with Crippen LogP contribution in [0.4, 0.5) is 0 Å². The van der Waals surface area contributed by atoms with Crippen LogP contribution in [0.1, 0.15) is 78.1 Å². The second-order valence-electron chi connectivity index (χ2n) is 9.43. The SMILES string of the molecule is CCCN1C(=O)c2cc(C(=O)NCc3ccc(C)cc3)nn2C[C@@]1(C)C(=O)NC1CCCC1. The number of benzene rings is 1. The minimum atomic E-state index is -1.05. The smallest absolute Gasteiger partial charge is 0.273 e. The van der Waals surface area contributed by atoms with Gasteiger partial charge in [0.2, 0.25) is 5.91 Å².